The number of hydrogen-bond acceptors (Lipinski definition) is 5. The quantitative estimate of drug-likeness (QED) is 0.378. The molecule has 0 atom stereocenters. The lowest BCUT2D eigenvalue weighted by atomic mass is 10.2. The largest absolute Gasteiger partial charge is 0.493 e. The molecule has 0 unspecified atom stereocenters. The van der Waals surface area contributed by atoms with Gasteiger partial charge in [0, 0.05) is 21.6 Å². The second-order valence-corrected chi connectivity index (χ2v) is 6.85. The highest BCUT2D eigenvalue weighted by Gasteiger charge is 2.11. The van der Waals surface area contributed by atoms with Gasteiger partial charge in [0.15, 0.2) is 12.3 Å². The first-order chi connectivity index (χ1) is 12.9. The van der Waals surface area contributed by atoms with Gasteiger partial charge in [-0.2, -0.15) is 0 Å². The molecular formula is C18H15IN4O4. The number of halogens is 1. The van der Waals surface area contributed by atoms with Crippen molar-refractivity contribution in [3.8, 4) is 11.6 Å². The molecule has 9 heteroatoms. The first kappa shape index (κ1) is 18.8. The van der Waals surface area contributed by atoms with Crippen LogP contribution in [0.2, 0.25) is 0 Å². The zero-order chi connectivity index (χ0) is 19.4. The standard InChI is InChI=1S/C18H15IN4O4/c1-10(24)20-12-3-5-13(6-4-12)27-9-16(25)22-23-17-14-8-11(19)2-7-15(14)21-18(17)26/h2-8,21,26H,9H2,1H3,(H,20,24). The van der Waals surface area contributed by atoms with E-state index in [1.54, 1.807) is 24.3 Å². The highest BCUT2D eigenvalue weighted by molar-refractivity contribution is 14.1. The number of azo groups is 1. The molecule has 0 saturated carbocycles. The first-order valence-corrected chi connectivity index (χ1v) is 8.95. The van der Waals surface area contributed by atoms with Crippen molar-refractivity contribution in [3.63, 3.8) is 0 Å². The molecule has 3 rings (SSSR count). The Hall–Kier alpha value is -2.95. The van der Waals surface area contributed by atoms with Crippen LogP contribution >= 0.6 is 22.6 Å². The number of carbonyl (C=O) groups excluding carboxylic acids is 2. The molecule has 0 radical (unpaired) electrons. The number of benzene rings is 2. The van der Waals surface area contributed by atoms with Crippen LogP contribution in [0.1, 0.15) is 6.92 Å². The van der Waals surface area contributed by atoms with Crippen molar-refractivity contribution in [3.05, 3.63) is 46.0 Å². The maximum absolute atomic E-state index is 11.9. The van der Waals surface area contributed by atoms with E-state index in [1.165, 1.54) is 6.92 Å². The van der Waals surface area contributed by atoms with E-state index in [2.05, 4.69) is 43.1 Å². The maximum atomic E-state index is 11.9. The number of carbonyl (C=O) groups is 2. The minimum atomic E-state index is -0.597. The SMILES string of the molecule is CC(=O)Nc1ccc(OCC(=O)N=Nc2c(O)[nH]c3ccc(I)cc23)cc1. The zero-order valence-corrected chi connectivity index (χ0v) is 16.4. The Morgan fingerprint density at radius 1 is 1.22 bits per heavy atom. The number of H-pyrrole nitrogens is 1. The van der Waals surface area contributed by atoms with Gasteiger partial charge in [-0.15, -0.1) is 10.2 Å². The van der Waals surface area contributed by atoms with Gasteiger partial charge in [0.1, 0.15) is 5.75 Å². The number of amides is 2. The van der Waals surface area contributed by atoms with Crippen molar-refractivity contribution in [2.75, 3.05) is 11.9 Å². The van der Waals surface area contributed by atoms with Crippen LogP contribution in [0.15, 0.2) is 52.7 Å². The van der Waals surface area contributed by atoms with Crippen molar-refractivity contribution in [1.29, 1.82) is 0 Å². The van der Waals surface area contributed by atoms with Crippen LogP contribution in [-0.4, -0.2) is 28.5 Å². The van der Waals surface area contributed by atoms with E-state index < -0.39 is 5.91 Å². The first-order valence-electron chi connectivity index (χ1n) is 7.87. The Morgan fingerprint density at radius 2 is 1.96 bits per heavy atom. The highest BCUT2D eigenvalue weighted by atomic mass is 127. The van der Waals surface area contributed by atoms with Crippen molar-refractivity contribution in [2.24, 2.45) is 10.2 Å². The number of aromatic amines is 1. The van der Waals surface area contributed by atoms with Crippen molar-refractivity contribution >= 4 is 56.7 Å². The van der Waals surface area contributed by atoms with Gasteiger partial charge in [-0.25, -0.2) is 0 Å². The lowest BCUT2D eigenvalue weighted by Crippen LogP contribution is -2.08. The molecule has 0 fully saturated rings. The fourth-order valence-corrected chi connectivity index (χ4v) is 2.85. The third-order valence-corrected chi connectivity index (χ3v) is 4.18. The summed E-state index contributed by atoms with van der Waals surface area (Å²) in [7, 11) is 0. The maximum Gasteiger partial charge on any atom is 0.302 e. The lowest BCUT2D eigenvalue weighted by molar-refractivity contribution is -0.120. The van der Waals surface area contributed by atoms with Crippen LogP contribution in [0.4, 0.5) is 11.4 Å². The topological polar surface area (TPSA) is 116 Å². The molecule has 3 aromatic rings. The number of rotatable bonds is 5. The van der Waals surface area contributed by atoms with E-state index in [0.29, 0.717) is 22.3 Å². The summed E-state index contributed by atoms with van der Waals surface area (Å²) >= 11 is 2.15. The normalized spacial score (nSPS) is 11.0. The van der Waals surface area contributed by atoms with Gasteiger partial charge in [-0.05, 0) is 65.1 Å². The second-order valence-electron chi connectivity index (χ2n) is 5.60. The minimum absolute atomic E-state index is 0.155. The monoisotopic (exact) mass is 478 g/mol. The van der Waals surface area contributed by atoms with Crippen molar-refractivity contribution in [1.82, 2.24) is 4.98 Å². The summed E-state index contributed by atoms with van der Waals surface area (Å²) in [5.74, 6) is -0.468. The smallest absolute Gasteiger partial charge is 0.302 e. The van der Waals surface area contributed by atoms with Crippen LogP contribution in [0, 0.1) is 3.57 Å². The second kappa shape index (κ2) is 8.16. The molecule has 0 bridgehead atoms. The summed E-state index contributed by atoms with van der Waals surface area (Å²) in [4.78, 5) is 25.7. The number of aromatic nitrogens is 1. The molecule has 27 heavy (non-hydrogen) atoms. The van der Waals surface area contributed by atoms with Gasteiger partial charge in [0.25, 0.3) is 0 Å². The van der Waals surface area contributed by atoms with Gasteiger partial charge >= 0.3 is 5.91 Å². The van der Waals surface area contributed by atoms with E-state index >= 15 is 0 Å². The van der Waals surface area contributed by atoms with E-state index in [4.69, 9.17) is 4.74 Å². The molecule has 0 saturated heterocycles. The highest BCUT2D eigenvalue weighted by Crippen LogP contribution is 2.36. The van der Waals surface area contributed by atoms with Gasteiger partial charge in [0.05, 0.1) is 5.52 Å². The lowest BCUT2D eigenvalue weighted by Gasteiger charge is -2.05. The van der Waals surface area contributed by atoms with E-state index in [1.807, 2.05) is 18.2 Å². The molecule has 0 aliphatic heterocycles. The predicted octanol–water partition coefficient (Wildman–Crippen LogP) is 4.13. The molecule has 3 N–H and O–H groups in total. The van der Waals surface area contributed by atoms with Gasteiger partial charge in [-0.1, -0.05) is 0 Å². The summed E-state index contributed by atoms with van der Waals surface area (Å²) in [5, 5.41) is 20.7. The Bertz CT molecular complexity index is 1030. The van der Waals surface area contributed by atoms with Crippen LogP contribution in [0.25, 0.3) is 10.9 Å². The van der Waals surface area contributed by atoms with Crippen LogP contribution < -0.4 is 10.1 Å². The molecule has 0 aliphatic rings. The molecule has 1 aromatic heterocycles. The molecule has 2 amide bonds. The van der Waals surface area contributed by atoms with E-state index in [0.717, 1.165) is 3.57 Å². The molecule has 0 spiro atoms. The number of aromatic hydroxyl groups is 1. The van der Waals surface area contributed by atoms with Gasteiger partial charge in [-0.3, -0.25) is 9.59 Å². The third-order valence-electron chi connectivity index (χ3n) is 3.51. The summed E-state index contributed by atoms with van der Waals surface area (Å²) in [5.41, 5.74) is 1.53. The van der Waals surface area contributed by atoms with Crippen LogP contribution in [0.5, 0.6) is 11.6 Å². The molecule has 138 valence electrons. The fourth-order valence-electron chi connectivity index (χ4n) is 2.35. The van der Waals surface area contributed by atoms with E-state index in [9.17, 15) is 14.7 Å². The predicted molar refractivity (Wildman–Crippen MR) is 108 cm³/mol. The van der Waals surface area contributed by atoms with Crippen molar-refractivity contribution < 1.29 is 19.4 Å². The molecule has 1 heterocycles. The molecule has 0 aliphatic carbocycles. The Labute approximate surface area is 167 Å². The van der Waals surface area contributed by atoms with Crippen LogP contribution in [-0.2, 0) is 9.59 Å². The minimum Gasteiger partial charge on any atom is -0.493 e. The Morgan fingerprint density at radius 3 is 2.67 bits per heavy atom. The third kappa shape index (κ3) is 4.82. The molecule has 8 nitrogen and oxygen atoms in total. The van der Waals surface area contributed by atoms with Gasteiger partial charge < -0.3 is 20.1 Å². The summed E-state index contributed by atoms with van der Waals surface area (Å²) in [6.45, 7) is 1.12. The number of nitrogens with zero attached hydrogens (tertiary/aromatic N) is 2. The fraction of sp³-hybridized carbons (Fsp3) is 0.111. The average molecular weight is 478 g/mol. The number of ether oxygens (including phenoxy) is 1. The summed E-state index contributed by atoms with van der Waals surface area (Å²) < 4.78 is 6.31. The van der Waals surface area contributed by atoms with Gasteiger partial charge in [0.2, 0.25) is 11.8 Å². The number of anilines is 1. The molecule has 2 aromatic carbocycles. The zero-order valence-electron chi connectivity index (χ0n) is 14.2. The van der Waals surface area contributed by atoms with E-state index in [-0.39, 0.29) is 24.1 Å². The number of nitrogens with one attached hydrogen (secondary N) is 2. The Balaban J connectivity index is 1.63. The summed E-state index contributed by atoms with van der Waals surface area (Å²) in [6, 6.07) is 12.1. The number of hydrogen-bond donors (Lipinski definition) is 3. The van der Waals surface area contributed by atoms with Crippen molar-refractivity contribution in [2.45, 2.75) is 6.92 Å². The number of fused-ring (bicyclic) bond motifs is 1. The molecular weight excluding hydrogens is 463 g/mol. The summed E-state index contributed by atoms with van der Waals surface area (Å²) in [6.07, 6.45) is 0. The average Bonchev–Trinajstić information content (AvgIpc) is 2.93. The Kier molecular flexibility index (Phi) is 5.69. The van der Waals surface area contributed by atoms with Crippen LogP contribution in [0.3, 0.4) is 0 Å².